The molecule has 1 N–H and O–H groups in total. The zero-order chi connectivity index (χ0) is 34.0. The number of amides is 1. The maximum absolute atomic E-state index is 14.8. The van der Waals surface area contributed by atoms with Gasteiger partial charge in [0.15, 0.2) is 23.1 Å². The van der Waals surface area contributed by atoms with Gasteiger partial charge in [0.1, 0.15) is 18.9 Å². The van der Waals surface area contributed by atoms with Gasteiger partial charge < -0.3 is 24.3 Å². The van der Waals surface area contributed by atoms with Crippen LogP contribution in [0.3, 0.4) is 0 Å². The van der Waals surface area contributed by atoms with E-state index < -0.39 is 52.8 Å². The SMILES string of the molecule is C#C[C@]1(COC(=O)C23CCC(CC2)CC3)O[C@@H](n2cnc3c(NC(=O)[C@H]4CCC(=O)O4)nc(F)nc32)C[C@@H]1OC(=O)C12CCC(CC1)CC2. The molecule has 8 aliphatic rings. The lowest BCUT2D eigenvalue weighted by molar-refractivity contribution is -0.184. The molecule has 10 rings (SSSR count). The molecule has 13 nitrogen and oxygen atoms in total. The van der Waals surface area contributed by atoms with Gasteiger partial charge in [-0.1, -0.05) is 5.92 Å². The number of halogens is 1. The first-order chi connectivity index (χ1) is 23.6. The molecule has 4 heterocycles. The molecule has 49 heavy (non-hydrogen) atoms. The summed E-state index contributed by atoms with van der Waals surface area (Å²) in [7, 11) is 0. The van der Waals surface area contributed by atoms with E-state index in [1.807, 2.05) is 0 Å². The maximum atomic E-state index is 14.8. The number of aromatic nitrogens is 4. The van der Waals surface area contributed by atoms with Gasteiger partial charge in [-0.15, -0.1) is 6.42 Å². The minimum Gasteiger partial charge on any atom is -0.461 e. The lowest BCUT2D eigenvalue weighted by Gasteiger charge is -2.45. The summed E-state index contributed by atoms with van der Waals surface area (Å²) in [5, 5.41) is 2.50. The van der Waals surface area contributed by atoms with Crippen molar-refractivity contribution >= 4 is 40.8 Å². The lowest BCUT2D eigenvalue weighted by atomic mass is 9.61. The number of fused-ring (bicyclic) bond motifs is 7. The molecule has 6 saturated carbocycles. The third-order valence-corrected chi connectivity index (χ3v) is 12.4. The first kappa shape index (κ1) is 32.1. The van der Waals surface area contributed by atoms with Gasteiger partial charge in [-0.3, -0.25) is 23.7 Å². The van der Waals surface area contributed by atoms with Gasteiger partial charge in [0.05, 0.1) is 17.2 Å². The Morgan fingerprint density at radius 1 is 0.980 bits per heavy atom. The normalized spacial score (nSPS) is 36.3. The van der Waals surface area contributed by atoms with Crippen molar-refractivity contribution in [2.45, 2.75) is 120 Å². The molecule has 1 amide bonds. The van der Waals surface area contributed by atoms with E-state index in [9.17, 15) is 23.6 Å². The first-order valence-electron chi connectivity index (χ1n) is 17.6. The van der Waals surface area contributed by atoms with Crippen LogP contribution in [0.25, 0.3) is 11.2 Å². The second-order valence-electron chi connectivity index (χ2n) is 15.0. The highest BCUT2D eigenvalue weighted by molar-refractivity contribution is 6.00. The summed E-state index contributed by atoms with van der Waals surface area (Å²) < 4.78 is 40.1. The Labute approximate surface area is 282 Å². The fraction of sp³-hybridized carbons (Fsp3) is 0.686. The molecule has 0 spiro atoms. The number of cyclic esters (lactones) is 1. The van der Waals surface area contributed by atoms with Crippen molar-refractivity contribution in [1.29, 1.82) is 0 Å². The molecule has 2 aliphatic heterocycles. The average Bonchev–Trinajstić information content (AvgIpc) is 3.86. The highest BCUT2D eigenvalue weighted by Gasteiger charge is 2.56. The molecule has 2 aromatic rings. The standard InChI is InChI=1S/C35H40FN5O8/c1-2-35(18-46-30(44)33-11-5-20(6-12-33)7-13-33)23(48-31(45)34-14-8-21(9-15-34)10-16-34)17-24(49-35)41-19-37-26-27(39-32(36)40-28(26)41)38-29(43)22-3-4-25(42)47-22/h1,19-24H,3-18H2,(H,38,39,40,43)/t20?,21?,22-,23+,24-,33?,34?,35-/m1/s1. The van der Waals surface area contributed by atoms with Crippen LogP contribution < -0.4 is 5.32 Å². The van der Waals surface area contributed by atoms with Gasteiger partial charge >= 0.3 is 24.0 Å². The Morgan fingerprint density at radius 2 is 1.61 bits per heavy atom. The van der Waals surface area contributed by atoms with E-state index in [-0.39, 0.29) is 54.8 Å². The van der Waals surface area contributed by atoms with Crippen molar-refractivity contribution in [3.8, 4) is 12.3 Å². The van der Waals surface area contributed by atoms with Crippen LogP contribution in [0.15, 0.2) is 6.33 Å². The number of ether oxygens (including phenoxy) is 4. The Bertz CT molecular complexity index is 1710. The van der Waals surface area contributed by atoms with E-state index in [0.29, 0.717) is 11.8 Å². The Hall–Kier alpha value is -4.12. The fourth-order valence-electron chi connectivity index (χ4n) is 9.14. The summed E-state index contributed by atoms with van der Waals surface area (Å²) in [6, 6.07) is 0. The molecule has 2 saturated heterocycles. The molecule has 4 atom stereocenters. The second kappa shape index (κ2) is 12.0. The van der Waals surface area contributed by atoms with E-state index >= 15 is 0 Å². The van der Waals surface area contributed by atoms with E-state index in [1.54, 1.807) is 0 Å². The van der Waals surface area contributed by atoms with E-state index in [2.05, 4.69) is 26.2 Å². The van der Waals surface area contributed by atoms with Crippen LogP contribution in [-0.4, -0.2) is 67.7 Å². The number of imidazole rings is 1. The predicted molar refractivity (Wildman–Crippen MR) is 167 cm³/mol. The molecule has 6 aliphatic carbocycles. The number of hydrogen-bond acceptors (Lipinski definition) is 11. The maximum Gasteiger partial charge on any atom is 0.312 e. The summed E-state index contributed by atoms with van der Waals surface area (Å²) in [5.74, 6) is 1.99. The molecule has 14 heteroatoms. The molecule has 2 aromatic heterocycles. The molecular formula is C35H40FN5O8. The highest BCUT2D eigenvalue weighted by Crippen LogP contribution is 2.53. The summed E-state index contributed by atoms with van der Waals surface area (Å²) in [6.07, 6.45) is 14.3. The van der Waals surface area contributed by atoms with Crippen molar-refractivity contribution in [3.05, 3.63) is 12.4 Å². The van der Waals surface area contributed by atoms with Gasteiger partial charge in [-0.05, 0) is 88.9 Å². The third-order valence-electron chi connectivity index (χ3n) is 12.4. The summed E-state index contributed by atoms with van der Waals surface area (Å²) in [6.45, 7) is -0.325. The van der Waals surface area contributed by atoms with Crippen molar-refractivity contribution in [2.24, 2.45) is 22.7 Å². The van der Waals surface area contributed by atoms with Crippen molar-refractivity contribution in [1.82, 2.24) is 19.5 Å². The number of nitrogens with zero attached hydrogens (tertiary/aromatic N) is 4. The number of terminal acetylenes is 1. The Morgan fingerprint density at radius 3 is 2.20 bits per heavy atom. The molecule has 4 bridgehead atoms. The van der Waals surface area contributed by atoms with E-state index in [0.717, 1.165) is 77.0 Å². The minimum absolute atomic E-state index is 0.00633. The van der Waals surface area contributed by atoms with Crippen LogP contribution in [0, 0.1) is 41.1 Å². The first-order valence-corrected chi connectivity index (χ1v) is 17.6. The number of carbonyl (C=O) groups is 4. The van der Waals surface area contributed by atoms with E-state index in [4.69, 9.17) is 25.4 Å². The number of nitrogens with one attached hydrogen (secondary N) is 1. The molecule has 0 unspecified atom stereocenters. The van der Waals surface area contributed by atoms with Crippen molar-refractivity contribution in [3.63, 3.8) is 0 Å². The number of hydrogen-bond donors (Lipinski definition) is 1. The molecule has 260 valence electrons. The van der Waals surface area contributed by atoms with Crippen LogP contribution in [0.5, 0.6) is 0 Å². The van der Waals surface area contributed by atoms with Crippen LogP contribution in [-0.2, 0) is 38.1 Å². The Balaban J connectivity index is 1.07. The summed E-state index contributed by atoms with van der Waals surface area (Å²) in [4.78, 5) is 63.9. The number of esters is 3. The molecule has 0 radical (unpaired) electrons. The molecular weight excluding hydrogens is 637 g/mol. The van der Waals surface area contributed by atoms with Gasteiger partial charge in [-0.25, -0.2) is 4.98 Å². The van der Waals surface area contributed by atoms with Crippen molar-refractivity contribution < 1.29 is 42.5 Å². The van der Waals surface area contributed by atoms with Crippen LogP contribution in [0.4, 0.5) is 10.2 Å². The third kappa shape index (κ3) is 5.54. The van der Waals surface area contributed by atoms with Crippen LogP contribution in [0.1, 0.15) is 103 Å². The van der Waals surface area contributed by atoms with Crippen LogP contribution in [0.2, 0.25) is 0 Å². The number of anilines is 1. The summed E-state index contributed by atoms with van der Waals surface area (Å²) >= 11 is 0. The molecule has 8 fully saturated rings. The van der Waals surface area contributed by atoms with Gasteiger partial charge in [0.2, 0.25) is 5.60 Å². The van der Waals surface area contributed by atoms with Gasteiger partial charge in [0.25, 0.3) is 5.91 Å². The van der Waals surface area contributed by atoms with Gasteiger partial charge in [-0.2, -0.15) is 14.4 Å². The number of rotatable bonds is 8. The fourth-order valence-corrected chi connectivity index (χ4v) is 9.14. The lowest BCUT2D eigenvalue weighted by Crippen LogP contribution is -2.50. The second-order valence-corrected chi connectivity index (χ2v) is 15.0. The number of carbonyl (C=O) groups excluding carboxylic acids is 4. The quantitative estimate of drug-likeness (QED) is 0.184. The topological polar surface area (TPSA) is 161 Å². The van der Waals surface area contributed by atoms with Crippen LogP contribution >= 0.6 is 0 Å². The zero-order valence-electron chi connectivity index (χ0n) is 27.3. The van der Waals surface area contributed by atoms with Crippen molar-refractivity contribution in [2.75, 3.05) is 11.9 Å². The molecule has 0 aromatic carbocycles. The summed E-state index contributed by atoms with van der Waals surface area (Å²) in [5.41, 5.74) is -2.70. The van der Waals surface area contributed by atoms with Gasteiger partial charge in [0, 0.05) is 19.3 Å². The predicted octanol–water partition coefficient (Wildman–Crippen LogP) is 4.30. The Kier molecular flexibility index (Phi) is 7.89. The minimum atomic E-state index is -1.63. The average molecular weight is 678 g/mol. The zero-order valence-corrected chi connectivity index (χ0v) is 27.3. The smallest absolute Gasteiger partial charge is 0.312 e. The monoisotopic (exact) mass is 677 g/mol. The van der Waals surface area contributed by atoms with E-state index in [1.165, 1.54) is 10.9 Å². The largest absolute Gasteiger partial charge is 0.461 e. The highest BCUT2D eigenvalue weighted by atomic mass is 19.1.